The molecule has 0 N–H and O–H groups in total. The van der Waals surface area contributed by atoms with E-state index in [-0.39, 0.29) is 0 Å². The highest BCUT2D eigenvalue weighted by Gasteiger charge is 2.25. The lowest BCUT2D eigenvalue weighted by Crippen LogP contribution is -2.31. The Morgan fingerprint density at radius 1 is 1.06 bits per heavy atom. The van der Waals surface area contributed by atoms with Crippen molar-refractivity contribution in [3.8, 4) is 0 Å². The molecule has 0 aromatic rings. The second kappa shape index (κ2) is 5.39. The fraction of sp³-hybridized carbons (Fsp3) is 0.750. The molecular formula is C16H25N. The van der Waals surface area contributed by atoms with E-state index in [1.54, 1.807) is 5.57 Å². The minimum absolute atomic E-state index is 0.928. The summed E-state index contributed by atoms with van der Waals surface area (Å²) in [5.41, 5.74) is 3.61. The summed E-state index contributed by atoms with van der Waals surface area (Å²) >= 11 is 0. The largest absolute Gasteiger partial charge is 0.303 e. The molecular weight excluding hydrogens is 206 g/mol. The summed E-state index contributed by atoms with van der Waals surface area (Å²) in [6, 6.07) is 0. The Labute approximate surface area is 106 Å². The maximum Gasteiger partial charge on any atom is -0.00130 e. The van der Waals surface area contributed by atoms with Crippen molar-refractivity contribution < 1.29 is 0 Å². The van der Waals surface area contributed by atoms with Gasteiger partial charge in [-0.15, -0.1) is 0 Å². The van der Waals surface area contributed by atoms with Crippen molar-refractivity contribution in [2.75, 3.05) is 19.6 Å². The van der Waals surface area contributed by atoms with Crippen LogP contribution in [0.15, 0.2) is 23.3 Å². The second-order valence-electron chi connectivity index (χ2n) is 5.94. The van der Waals surface area contributed by atoms with Gasteiger partial charge in [-0.1, -0.05) is 29.7 Å². The molecule has 1 aliphatic heterocycles. The Hall–Kier alpha value is -0.560. The Morgan fingerprint density at radius 2 is 1.88 bits per heavy atom. The van der Waals surface area contributed by atoms with Gasteiger partial charge >= 0.3 is 0 Å². The molecule has 1 heterocycles. The van der Waals surface area contributed by atoms with Gasteiger partial charge in [0.15, 0.2) is 0 Å². The standard InChI is InChI=1S/C16H25N/c1-4-11-17(12-5-1)13-10-15-9-8-14-6-2-3-7-16(14)15/h2-3,15H,1,4-13H2. The maximum atomic E-state index is 2.70. The molecule has 0 radical (unpaired) electrons. The Morgan fingerprint density at radius 3 is 2.76 bits per heavy atom. The lowest BCUT2D eigenvalue weighted by atomic mass is 9.91. The topological polar surface area (TPSA) is 3.24 Å². The van der Waals surface area contributed by atoms with E-state index in [1.807, 2.05) is 5.57 Å². The molecule has 1 fully saturated rings. The summed E-state index contributed by atoms with van der Waals surface area (Å²) in [4.78, 5) is 2.70. The lowest BCUT2D eigenvalue weighted by Gasteiger charge is -2.28. The highest BCUT2D eigenvalue weighted by atomic mass is 15.1. The highest BCUT2D eigenvalue weighted by molar-refractivity contribution is 5.30. The number of piperidine rings is 1. The molecule has 1 unspecified atom stereocenters. The summed E-state index contributed by atoms with van der Waals surface area (Å²) < 4.78 is 0. The first-order valence-electron chi connectivity index (χ1n) is 7.51. The minimum atomic E-state index is 0.928. The molecule has 0 aromatic carbocycles. The average molecular weight is 231 g/mol. The smallest absolute Gasteiger partial charge is 0.00130 e. The van der Waals surface area contributed by atoms with Crippen molar-refractivity contribution in [3.63, 3.8) is 0 Å². The van der Waals surface area contributed by atoms with Crippen LogP contribution in [-0.4, -0.2) is 24.5 Å². The van der Waals surface area contributed by atoms with E-state index in [1.165, 1.54) is 71.0 Å². The average Bonchev–Trinajstić information content (AvgIpc) is 2.81. The molecule has 3 rings (SSSR count). The number of hydrogen-bond donors (Lipinski definition) is 0. The Bertz CT molecular complexity index is 320. The molecule has 1 saturated heterocycles. The van der Waals surface area contributed by atoms with E-state index in [9.17, 15) is 0 Å². The number of likely N-dealkylation sites (tertiary alicyclic amines) is 1. The first kappa shape index (κ1) is 11.5. The van der Waals surface area contributed by atoms with Gasteiger partial charge < -0.3 is 4.90 Å². The molecule has 0 saturated carbocycles. The van der Waals surface area contributed by atoms with Gasteiger partial charge in [-0.25, -0.2) is 0 Å². The van der Waals surface area contributed by atoms with Crippen molar-refractivity contribution in [2.24, 2.45) is 5.92 Å². The van der Waals surface area contributed by atoms with E-state index < -0.39 is 0 Å². The predicted octanol–water partition coefficient (Wildman–Crippen LogP) is 3.92. The molecule has 1 atom stereocenters. The zero-order valence-corrected chi connectivity index (χ0v) is 11.0. The van der Waals surface area contributed by atoms with Gasteiger partial charge in [-0.05, 0) is 70.5 Å². The first-order chi connectivity index (χ1) is 8.43. The van der Waals surface area contributed by atoms with Gasteiger partial charge in [-0.3, -0.25) is 0 Å². The highest BCUT2D eigenvalue weighted by Crippen LogP contribution is 2.40. The van der Waals surface area contributed by atoms with Crippen LogP contribution < -0.4 is 0 Å². The van der Waals surface area contributed by atoms with Crippen LogP contribution in [0.1, 0.15) is 51.4 Å². The summed E-state index contributed by atoms with van der Waals surface area (Å²) in [6.45, 7) is 4.07. The first-order valence-corrected chi connectivity index (χ1v) is 7.51. The Kier molecular flexibility index (Phi) is 3.65. The summed E-state index contributed by atoms with van der Waals surface area (Å²) in [7, 11) is 0. The molecule has 2 aliphatic carbocycles. The van der Waals surface area contributed by atoms with Crippen LogP contribution in [0.5, 0.6) is 0 Å². The van der Waals surface area contributed by atoms with E-state index in [0.29, 0.717) is 0 Å². The fourth-order valence-corrected chi connectivity index (χ4v) is 3.79. The number of nitrogens with zero attached hydrogens (tertiary/aromatic N) is 1. The van der Waals surface area contributed by atoms with Gasteiger partial charge in [0.2, 0.25) is 0 Å². The van der Waals surface area contributed by atoms with Gasteiger partial charge in [0.25, 0.3) is 0 Å². The van der Waals surface area contributed by atoms with Crippen LogP contribution in [0, 0.1) is 5.92 Å². The monoisotopic (exact) mass is 231 g/mol. The van der Waals surface area contributed by atoms with Crippen molar-refractivity contribution in [1.29, 1.82) is 0 Å². The normalized spacial score (nSPS) is 29.8. The predicted molar refractivity (Wildman–Crippen MR) is 73.0 cm³/mol. The minimum Gasteiger partial charge on any atom is -0.303 e. The van der Waals surface area contributed by atoms with E-state index >= 15 is 0 Å². The SMILES string of the molecule is C1=CCC2=C(C1)CCC2CCN1CCCCC1. The van der Waals surface area contributed by atoms with Crippen LogP contribution in [0.4, 0.5) is 0 Å². The van der Waals surface area contributed by atoms with Gasteiger partial charge in [0.05, 0.1) is 0 Å². The van der Waals surface area contributed by atoms with E-state index in [4.69, 9.17) is 0 Å². The Balaban J connectivity index is 1.50. The molecule has 0 aromatic heterocycles. The molecule has 17 heavy (non-hydrogen) atoms. The molecule has 94 valence electrons. The van der Waals surface area contributed by atoms with Gasteiger partial charge in [-0.2, -0.15) is 0 Å². The van der Waals surface area contributed by atoms with Gasteiger partial charge in [0.1, 0.15) is 0 Å². The molecule has 0 spiro atoms. The number of rotatable bonds is 3. The molecule has 3 aliphatic rings. The van der Waals surface area contributed by atoms with Crippen molar-refractivity contribution >= 4 is 0 Å². The third-order valence-corrected chi connectivity index (χ3v) is 4.85. The summed E-state index contributed by atoms with van der Waals surface area (Å²) in [5.74, 6) is 0.928. The van der Waals surface area contributed by atoms with Crippen LogP contribution in [-0.2, 0) is 0 Å². The van der Waals surface area contributed by atoms with Gasteiger partial charge in [0, 0.05) is 0 Å². The fourth-order valence-electron chi connectivity index (χ4n) is 3.79. The van der Waals surface area contributed by atoms with Crippen LogP contribution in [0.2, 0.25) is 0 Å². The zero-order valence-electron chi connectivity index (χ0n) is 11.0. The molecule has 0 bridgehead atoms. The zero-order chi connectivity index (χ0) is 11.5. The maximum absolute atomic E-state index is 2.70. The van der Waals surface area contributed by atoms with Crippen LogP contribution in [0.25, 0.3) is 0 Å². The molecule has 1 heteroatoms. The molecule has 0 amide bonds. The number of hydrogen-bond acceptors (Lipinski definition) is 1. The van der Waals surface area contributed by atoms with Crippen molar-refractivity contribution in [2.45, 2.75) is 51.4 Å². The van der Waals surface area contributed by atoms with E-state index in [2.05, 4.69) is 17.1 Å². The third-order valence-electron chi connectivity index (χ3n) is 4.85. The lowest BCUT2D eigenvalue weighted by molar-refractivity contribution is 0.216. The van der Waals surface area contributed by atoms with Crippen LogP contribution >= 0.6 is 0 Å². The third kappa shape index (κ3) is 2.65. The number of allylic oxidation sites excluding steroid dienone is 4. The summed E-state index contributed by atoms with van der Waals surface area (Å²) in [5, 5.41) is 0. The molecule has 1 nitrogen and oxygen atoms in total. The van der Waals surface area contributed by atoms with E-state index in [0.717, 1.165) is 5.92 Å². The quantitative estimate of drug-likeness (QED) is 0.665. The second-order valence-corrected chi connectivity index (χ2v) is 5.94. The van der Waals surface area contributed by atoms with Crippen LogP contribution in [0.3, 0.4) is 0 Å². The van der Waals surface area contributed by atoms with Crippen molar-refractivity contribution in [1.82, 2.24) is 4.90 Å². The van der Waals surface area contributed by atoms with Crippen molar-refractivity contribution in [3.05, 3.63) is 23.3 Å². The summed E-state index contributed by atoms with van der Waals surface area (Å²) in [6.07, 6.45) is 15.9.